The maximum atomic E-state index is 11.4. The predicted octanol–water partition coefficient (Wildman–Crippen LogP) is 5.01. The van der Waals surface area contributed by atoms with Crippen LogP contribution in [0.25, 0.3) is 22.2 Å². The van der Waals surface area contributed by atoms with Crippen LogP contribution in [0.2, 0.25) is 0 Å². The summed E-state index contributed by atoms with van der Waals surface area (Å²) < 4.78 is 22.1. The SMILES string of the molecule is COc1ccc2c(C#N)c(-c3ccc(NS(C)=O)cc3)n(C3CCCC3)c2c1. The number of ether oxygens (including phenoxy) is 1. The number of nitriles is 1. The monoisotopic (exact) mass is 393 g/mol. The van der Waals surface area contributed by atoms with E-state index in [9.17, 15) is 9.47 Å². The van der Waals surface area contributed by atoms with Crippen molar-refractivity contribution in [1.82, 2.24) is 4.57 Å². The molecule has 1 aliphatic carbocycles. The minimum absolute atomic E-state index is 0.382. The number of fused-ring (bicyclic) bond motifs is 1. The van der Waals surface area contributed by atoms with E-state index in [-0.39, 0.29) is 0 Å². The summed E-state index contributed by atoms with van der Waals surface area (Å²) in [7, 11) is 0.549. The first-order chi connectivity index (χ1) is 13.6. The number of hydrogen-bond donors (Lipinski definition) is 1. The highest BCUT2D eigenvalue weighted by atomic mass is 32.2. The van der Waals surface area contributed by atoms with Gasteiger partial charge < -0.3 is 14.0 Å². The van der Waals surface area contributed by atoms with Crippen molar-refractivity contribution < 1.29 is 8.95 Å². The van der Waals surface area contributed by atoms with Gasteiger partial charge >= 0.3 is 0 Å². The number of anilines is 1. The van der Waals surface area contributed by atoms with Crippen molar-refractivity contribution in [2.24, 2.45) is 0 Å². The molecule has 6 heteroatoms. The number of nitrogens with one attached hydrogen (secondary N) is 1. The summed E-state index contributed by atoms with van der Waals surface area (Å²) in [5, 5.41) is 10.9. The maximum Gasteiger partial charge on any atom is 0.120 e. The highest BCUT2D eigenvalue weighted by Gasteiger charge is 2.26. The van der Waals surface area contributed by atoms with Gasteiger partial charge in [-0.15, -0.1) is 0 Å². The summed E-state index contributed by atoms with van der Waals surface area (Å²) in [6.45, 7) is 0. The fraction of sp³-hybridized carbons (Fsp3) is 0.318. The molecule has 3 aromatic rings. The average molecular weight is 394 g/mol. The van der Waals surface area contributed by atoms with Crippen LogP contribution in [0.5, 0.6) is 5.75 Å². The molecule has 5 nitrogen and oxygen atoms in total. The Hall–Kier alpha value is -2.78. The molecule has 1 fully saturated rings. The van der Waals surface area contributed by atoms with Gasteiger partial charge in [0.25, 0.3) is 0 Å². The molecule has 1 heterocycles. The second kappa shape index (κ2) is 7.69. The normalized spacial score (nSPS) is 15.5. The first kappa shape index (κ1) is 18.6. The number of aromatic nitrogens is 1. The molecule has 1 unspecified atom stereocenters. The van der Waals surface area contributed by atoms with Crippen LogP contribution < -0.4 is 9.46 Å². The fourth-order valence-corrected chi connectivity index (χ4v) is 4.69. The van der Waals surface area contributed by atoms with Crippen molar-refractivity contribution in [1.29, 1.82) is 5.26 Å². The standard InChI is InChI=1S/C22H23N3O2S/c1-27-18-11-12-19-20(14-23)22(15-7-9-16(10-8-15)24-28(2)26)25(21(19)13-18)17-5-3-4-6-17/h7-13,17,24H,3-6H2,1-2H3. The van der Waals surface area contributed by atoms with Gasteiger partial charge in [-0.1, -0.05) is 25.0 Å². The van der Waals surface area contributed by atoms with Crippen LogP contribution in [0.1, 0.15) is 37.3 Å². The molecule has 0 radical (unpaired) electrons. The van der Waals surface area contributed by atoms with E-state index in [1.54, 1.807) is 13.4 Å². The molecule has 0 amide bonds. The third-order valence-electron chi connectivity index (χ3n) is 5.43. The van der Waals surface area contributed by atoms with Gasteiger partial charge in [-0.05, 0) is 42.7 Å². The van der Waals surface area contributed by atoms with Gasteiger partial charge in [0.05, 0.1) is 23.9 Å². The van der Waals surface area contributed by atoms with Crippen molar-refractivity contribution in [3.63, 3.8) is 0 Å². The number of rotatable bonds is 5. The topological polar surface area (TPSA) is 67.0 Å². The molecule has 28 heavy (non-hydrogen) atoms. The molecule has 1 saturated carbocycles. The molecule has 0 bridgehead atoms. The van der Waals surface area contributed by atoms with Gasteiger partial charge in [0, 0.05) is 29.4 Å². The summed E-state index contributed by atoms with van der Waals surface area (Å²) >= 11 is 0. The van der Waals surface area contributed by atoms with Crippen molar-refractivity contribution >= 4 is 27.6 Å². The number of nitrogens with zero attached hydrogens (tertiary/aromatic N) is 2. The van der Waals surface area contributed by atoms with Crippen molar-refractivity contribution in [2.75, 3.05) is 18.1 Å². The minimum Gasteiger partial charge on any atom is -0.497 e. The number of methoxy groups -OCH3 is 1. The summed E-state index contributed by atoms with van der Waals surface area (Å²) in [5.74, 6) is 0.797. The third-order valence-corrected chi connectivity index (χ3v) is 5.96. The van der Waals surface area contributed by atoms with Crippen molar-refractivity contribution in [3.8, 4) is 23.1 Å². The van der Waals surface area contributed by atoms with Gasteiger partial charge in [-0.3, -0.25) is 0 Å². The lowest BCUT2D eigenvalue weighted by Gasteiger charge is -2.18. The van der Waals surface area contributed by atoms with Crippen LogP contribution in [0.15, 0.2) is 42.5 Å². The molecule has 1 aliphatic rings. The lowest BCUT2D eigenvalue weighted by Crippen LogP contribution is -2.07. The Morgan fingerprint density at radius 2 is 1.89 bits per heavy atom. The quantitative estimate of drug-likeness (QED) is 0.663. The molecular weight excluding hydrogens is 370 g/mol. The zero-order chi connectivity index (χ0) is 19.7. The molecule has 0 aliphatic heterocycles. The number of hydrogen-bond acceptors (Lipinski definition) is 3. The van der Waals surface area contributed by atoms with E-state index in [1.807, 2.05) is 42.5 Å². The van der Waals surface area contributed by atoms with Crippen LogP contribution in [-0.4, -0.2) is 22.1 Å². The number of benzene rings is 2. The zero-order valence-electron chi connectivity index (χ0n) is 16.1. The Balaban J connectivity index is 1.94. The maximum absolute atomic E-state index is 11.4. The second-order valence-electron chi connectivity index (χ2n) is 7.16. The van der Waals surface area contributed by atoms with Gasteiger partial charge in [-0.2, -0.15) is 5.26 Å². The Labute approximate surface area is 167 Å². The smallest absolute Gasteiger partial charge is 0.120 e. The molecule has 0 spiro atoms. The molecule has 2 aromatic carbocycles. The highest BCUT2D eigenvalue weighted by Crippen LogP contribution is 2.42. The van der Waals surface area contributed by atoms with E-state index in [4.69, 9.17) is 4.74 Å². The molecular formula is C22H23N3O2S. The fourth-order valence-electron chi connectivity index (χ4n) is 4.22. The van der Waals surface area contributed by atoms with Gasteiger partial charge in [0.15, 0.2) is 0 Å². The van der Waals surface area contributed by atoms with E-state index in [0.29, 0.717) is 11.6 Å². The lowest BCUT2D eigenvalue weighted by molar-refractivity contribution is 0.415. The molecule has 144 valence electrons. The van der Waals surface area contributed by atoms with Crippen LogP contribution in [-0.2, 0) is 11.0 Å². The summed E-state index contributed by atoms with van der Waals surface area (Å²) in [4.78, 5) is 0. The van der Waals surface area contributed by atoms with E-state index in [0.717, 1.165) is 46.4 Å². The third kappa shape index (κ3) is 3.27. The highest BCUT2D eigenvalue weighted by molar-refractivity contribution is 7.85. The Kier molecular flexibility index (Phi) is 5.10. The van der Waals surface area contributed by atoms with Crippen molar-refractivity contribution in [2.45, 2.75) is 31.7 Å². The zero-order valence-corrected chi connectivity index (χ0v) is 16.9. The Morgan fingerprint density at radius 3 is 2.50 bits per heavy atom. The molecule has 1 aromatic heterocycles. The van der Waals surface area contributed by atoms with Crippen molar-refractivity contribution in [3.05, 3.63) is 48.0 Å². The molecule has 1 atom stereocenters. The minimum atomic E-state index is -1.12. The van der Waals surface area contributed by atoms with Gasteiger partial charge in [0.1, 0.15) is 22.8 Å². The van der Waals surface area contributed by atoms with E-state index in [2.05, 4.69) is 15.4 Å². The van der Waals surface area contributed by atoms with Crippen LogP contribution >= 0.6 is 0 Å². The lowest BCUT2D eigenvalue weighted by atomic mass is 10.1. The first-order valence-electron chi connectivity index (χ1n) is 9.45. The largest absolute Gasteiger partial charge is 0.497 e. The van der Waals surface area contributed by atoms with Gasteiger partial charge in [-0.25, -0.2) is 4.21 Å². The summed E-state index contributed by atoms with van der Waals surface area (Å²) in [5.41, 5.74) is 4.50. The molecule has 1 N–H and O–H groups in total. The van der Waals surface area contributed by atoms with E-state index >= 15 is 0 Å². The Morgan fingerprint density at radius 1 is 1.18 bits per heavy atom. The van der Waals surface area contributed by atoms with E-state index in [1.165, 1.54) is 12.8 Å². The molecule has 4 rings (SSSR count). The van der Waals surface area contributed by atoms with E-state index < -0.39 is 11.0 Å². The van der Waals surface area contributed by atoms with Gasteiger partial charge in [0.2, 0.25) is 0 Å². The second-order valence-corrected chi connectivity index (χ2v) is 8.27. The molecule has 0 saturated heterocycles. The predicted molar refractivity (Wildman–Crippen MR) is 114 cm³/mol. The Bertz CT molecular complexity index is 1070. The van der Waals surface area contributed by atoms with Crippen LogP contribution in [0, 0.1) is 11.3 Å². The van der Waals surface area contributed by atoms with Crippen LogP contribution in [0.3, 0.4) is 0 Å². The summed E-state index contributed by atoms with van der Waals surface area (Å²) in [6.07, 6.45) is 6.26. The first-order valence-corrected chi connectivity index (χ1v) is 11.0. The average Bonchev–Trinajstić information content (AvgIpc) is 3.33. The van der Waals surface area contributed by atoms with Crippen LogP contribution in [0.4, 0.5) is 5.69 Å². The summed E-state index contributed by atoms with van der Waals surface area (Å²) in [6, 6.07) is 16.6.